The molecule has 0 atom stereocenters. The number of aromatic nitrogens is 1. The highest BCUT2D eigenvalue weighted by molar-refractivity contribution is 5.27. The van der Waals surface area contributed by atoms with Gasteiger partial charge in [0.15, 0.2) is 5.76 Å². The Morgan fingerprint density at radius 2 is 2.06 bits per heavy atom. The Hall–Kier alpha value is -1.65. The van der Waals surface area contributed by atoms with Crippen LogP contribution >= 0.6 is 0 Å². The molecular weight excluding hydrogens is 214 g/mol. The molecule has 2 heterocycles. The van der Waals surface area contributed by atoms with Crippen LogP contribution in [0.25, 0.3) is 0 Å². The SMILES string of the molecule is NCc1noc2c1CN(Cc1ccccc1)C2. The van der Waals surface area contributed by atoms with Gasteiger partial charge in [0.25, 0.3) is 0 Å². The highest BCUT2D eigenvalue weighted by Gasteiger charge is 2.26. The number of nitrogens with two attached hydrogens (primary N) is 1. The number of fused-ring (bicyclic) bond motifs is 1. The number of hydrogen-bond acceptors (Lipinski definition) is 4. The molecule has 0 spiro atoms. The molecular formula is C13H15N3O. The van der Waals surface area contributed by atoms with Gasteiger partial charge in [-0.15, -0.1) is 0 Å². The maximum atomic E-state index is 5.62. The van der Waals surface area contributed by atoms with E-state index in [-0.39, 0.29) is 0 Å². The lowest BCUT2D eigenvalue weighted by molar-refractivity contribution is 0.244. The lowest BCUT2D eigenvalue weighted by atomic mass is 10.2. The third kappa shape index (κ3) is 1.97. The van der Waals surface area contributed by atoms with Crippen molar-refractivity contribution in [3.8, 4) is 0 Å². The topological polar surface area (TPSA) is 55.3 Å². The Morgan fingerprint density at radius 1 is 1.24 bits per heavy atom. The number of rotatable bonds is 3. The Morgan fingerprint density at radius 3 is 2.82 bits per heavy atom. The molecule has 1 aromatic heterocycles. The highest BCUT2D eigenvalue weighted by atomic mass is 16.5. The van der Waals surface area contributed by atoms with E-state index in [9.17, 15) is 0 Å². The first-order chi connectivity index (χ1) is 8.36. The average Bonchev–Trinajstić information content (AvgIpc) is 2.89. The smallest absolute Gasteiger partial charge is 0.155 e. The van der Waals surface area contributed by atoms with E-state index in [4.69, 9.17) is 10.3 Å². The van der Waals surface area contributed by atoms with Crippen molar-refractivity contribution in [2.45, 2.75) is 26.2 Å². The summed E-state index contributed by atoms with van der Waals surface area (Å²) in [7, 11) is 0. The molecule has 2 N–H and O–H groups in total. The first-order valence-electron chi connectivity index (χ1n) is 5.79. The Labute approximate surface area is 100 Å². The van der Waals surface area contributed by atoms with E-state index in [1.807, 2.05) is 6.07 Å². The molecule has 0 aliphatic carbocycles. The van der Waals surface area contributed by atoms with Gasteiger partial charge in [0, 0.05) is 25.2 Å². The molecule has 4 nitrogen and oxygen atoms in total. The summed E-state index contributed by atoms with van der Waals surface area (Å²) in [6.07, 6.45) is 0. The van der Waals surface area contributed by atoms with Crippen molar-refractivity contribution in [3.63, 3.8) is 0 Å². The predicted molar refractivity (Wildman–Crippen MR) is 63.8 cm³/mol. The van der Waals surface area contributed by atoms with Gasteiger partial charge < -0.3 is 10.3 Å². The minimum absolute atomic E-state index is 0.456. The number of nitrogens with zero attached hydrogens (tertiary/aromatic N) is 2. The fourth-order valence-electron chi connectivity index (χ4n) is 2.28. The Balaban J connectivity index is 1.72. The zero-order valence-corrected chi connectivity index (χ0v) is 9.60. The van der Waals surface area contributed by atoms with Gasteiger partial charge in [-0.2, -0.15) is 0 Å². The van der Waals surface area contributed by atoms with E-state index in [2.05, 4.69) is 34.3 Å². The number of benzene rings is 1. The Kier molecular flexibility index (Phi) is 2.66. The summed E-state index contributed by atoms with van der Waals surface area (Å²) < 4.78 is 5.29. The maximum Gasteiger partial charge on any atom is 0.155 e. The van der Waals surface area contributed by atoms with E-state index in [1.165, 1.54) is 11.1 Å². The van der Waals surface area contributed by atoms with Gasteiger partial charge in [-0.25, -0.2) is 0 Å². The van der Waals surface area contributed by atoms with Gasteiger partial charge in [-0.05, 0) is 5.56 Å². The fraction of sp³-hybridized carbons (Fsp3) is 0.308. The van der Waals surface area contributed by atoms with Crippen LogP contribution in [-0.4, -0.2) is 10.1 Å². The molecule has 0 saturated heterocycles. The molecule has 0 bridgehead atoms. The van der Waals surface area contributed by atoms with Gasteiger partial charge in [0.05, 0.1) is 6.54 Å². The second-order valence-corrected chi connectivity index (χ2v) is 4.37. The molecule has 3 rings (SSSR count). The molecule has 0 amide bonds. The van der Waals surface area contributed by atoms with Crippen LogP contribution in [0.1, 0.15) is 22.6 Å². The van der Waals surface area contributed by atoms with Crippen molar-refractivity contribution < 1.29 is 4.52 Å². The van der Waals surface area contributed by atoms with Crippen LogP contribution in [0.5, 0.6) is 0 Å². The van der Waals surface area contributed by atoms with Crippen molar-refractivity contribution in [2.24, 2.45) is 5.73 Å². The van der Waals surface area contributed by atoms with E-state index in [0.717, 1.165) is 31.1 Å². The van der Waals surface area contributed by atoms with Crippen molar-refractivity contribution in [2.75, 3.05) is 0 Å². The van der Waals surface area contributed by atoms with E-state index in [1.54, 1.807) is 0 Å². The van der Waals surface area contributed by atoms with Crippen molar-refractivity contribution in [1.82, 2.24) is 10.1 Å². The monoisotopic (exact) mass is 229 g/mol. The van der Waals surface area contributed by atoms with Crippen LogP contribution in [0.4, 0.5) is 0 Å². The molecule has 88 valence electrons. The average molecular weight is 229 g/mol. The third-order valence-corrected chi connectivity index (χ3v) is 3.14. The van der Waals surface area contributed by atoms with Gasteiger partial charge in [0.2, 0.25) is 0 Å². The van der Waals surface area contributed by atoms with E-state index in [0.29, 0.717) is 6.54 Å². The normalized spacial score (nSPS) is 15.1. The summed E-state index contributed by atoms with van der Waals surface area (Å²) in [6.45, 7) is 3.12. The molecule has 17 heavy (non-hydrogen) atoms. The highest BCUT2D eigenvalue weighted by Crippen LogP contribution is 2.26. The van der Waals surface area contributed by atoms with Crippen molar-refractivity contribution in [3.05, 3.63) is 52.9 Å². The molecule has 0 radical (unpaired) electrons. The molecule has 0 saturated carbocycles. The standard InChI is InChI=1S/C13H15N3O/c14-6-12-11-8-16(9-13(11)17-15-12)7-10-4-2-1-3-5-10/h1-5H,6-9,14H2. The third-order valence-electron chi connectivity index (χ3n) is 3.14. The van der Waals surface area contributed by atoms with E-state index < -0.39 is 0 Å². The van der Waals surface area contributed by atoms with Crippen LogP contribution in [0.2, 0.25) is 0 Å². The summed E-state index contributed by atoms with van der Waals surface area (Å²) >= 11 is 0. The first kappa shape index (κ1) is 10.5. The van der Waals surface area contributed by atoms with Gasteiger partial charge >= 0.3 is 0 Å². The fourth-order valence-corrected chi connectivity index (χ4v) is 2.28. The lowest BCUT2D eigenvalue weighted by Gasteiger charge is -2.14. The van der Waals surface area contributed by atoms with Gasteiger partial charge in [-0.3, -0.25) is 4.90 Å². The zero-order valence-electron chi connectivity index (χ0n) is 9.60. The number of hydrogen-bond donors (Lipinski definition) is 1. The molecule has 1 aromatic carbocycles. The summed E-state index contributed by atoms with van der Waals surface area (Å²) in [5, 5.41) is 3.97. The van der Waals surface area contributed by atoms with Gasteiger partial charge in [-0.1, -0.05) is 35.5 Å². The zero-order chi connectivity index (χ0) is 11.7. The van der Waals surface area contributed by atoms with Crippen LogP contribution < -0.4 is 5.73 Å². The summed E-state index contributed by atoms with van der Waals surface area (Å²) in [5.74, 6) is 0.974. The van der Waals surface area contributed by atoms with Crippen LogP contribution in [-0.2, 0) is 26.2 Å². The first-order valence-corrected chi connectivity index (χ1v) is 5.79. The maximum absolute atomic E-state index is 5.62. The van der Waals surface area contributed by atoms with Gasteiger partial charge in [0.1, 0.15) is 5.69 Å². The summed E-state index contributed by atoms with van der Waals surface area (Å²) in [5.41, 5.74) is 9.03. The predicted octanol–water partition coefficient (Wildman–Crippen LogP) is 1.65. The van der Waals surface area contributed by atoms with Crippen LogP contribution in [0.15, 0.2) is 34.9 Å². The van der Waals surface area contributed by atoms with E-state index >= 15 is 0 Å². The summed E-state index contributed by atoms with van der Waals surface area (Å²) in [6, 6.07) is 10.4. The van der Waals surface area contributed by atoms with Crippen molar-refractivity contribution >= 4 is 0 Å². The Bertz CT molecular complexity index is 507. The minimum atomic E-state index is 0.456. The lowest BCUT2D eigenvalue weighted by Crippen LogP contribution is -2.16. The van der Waals surface area contributed by atoms with Crippen molar-refractivity contribution in [1.29, 1.82) is 0 Å². The molecule has 1 aliphatic rings. The molecule has 0 fully saturated rings. The molecule has 1 aliphatic heterocycles. The second-order valence-electron chi connectivity index (χ2n) is 4.37. The largest absolute Gasteiger partial charge is 0.359 e. The minimum Gasteiger partial charge on any atom is -0.359 e. The second kappa shape index (κ2) is 4.31. The molecule has 2 aromatic rings. The molecule has 4 heteroatoms. The summed E-state index contributed by atoms with van der Waals surface area (Å²) in [4.78, 5) is 2.34. The van der Waals surface area contributed by atoms with Crippen LogP contribution in [0.3, 0.4) is 0 Å². The van der Waals surface area contributed by atoms with Crippen LogP contribution in [0, 0.1) is 0 Å². The quantitative estimate of drug-likeness (QED) is 0.869. The molecule has 0 unspecified atom stereocenters.